The molecule has 1 atom stereocenters. The van der Waals surface area contributed by atoms with Crippen molar-refractivity contribution in [2.75, 3.05) is 12.3 Å². The molecule has 0 aromatic heterocycles. The molecule has 1 aromatic rings. The summed E-state index contributed by atoms with van der Waals surface area (Å²) in [5.74, 6) is 0.207. The molecule has 1 fully saturated rings. The van der Waals surface area contributed by atoms with Crippen molar-refractivity contribution in [2.24, 2.45) is 5.73 Å². The monoisotopic (exact) mass is 338 g/mol. The van der Waals surface area contributed by atoms with Crippen LogP contribution in [0.1, 0.15) is 18.4 Å². The molecular formula is C12H16ClFN2O2S2. The minimum Gasteiger partial charge on any atom is -0.326 e. The summed E-state index contributed by atoms with van der Waals surface area (Å²) >= 11 is 7.54. The van der Waals surface area contributed by atoms with Gasteiger partial charge in [-0.2, -0.15) is 11.8 Å². The summed E-state index contributed by atoms with van der Waals surface area (Å²) in [5, 5.41) is 0.406. The van der Waals surface area contributed by atoms with Gasteiger partial charge in [-0.3, -0.25) is 0 Å². The van der Waals surface area contributed by atoms with Crippen LogP contribution in [0.25, 0.3) is 0 Å². The Morgan fingerprint density at radius 3 is 2.85 bits per heavy atom. The van der Waals surface area contributed by atoms with Gasteiger partial charge in [-0.15, -0.1) is 0 Å². The Morgan fingerprint density at radius 1 is 1.50 bits per heavy atom. The summed E-state index contributed by atoms with van der Waals surface area (Å²) in [5.41, 5.74) is 5.48. The number of halogens is 2. The number of hydrogen-bond donors (Lipinski definition) is 2. The molecule has 8 heteroatoms. The molecule has 1 heterocycles. The Hall–Kier alpha value is -0.340. The lowest BCUT2D eigenvalue weighted by atomic mass is 10.2. The molecular weight excluding hydrogens is 323 g/mol. The Balaban J connectivity index is 2.22. The van der Waals surface area contributed by atoms with Crippen molar-refractivity contribution in [3.05, 3.63) is 28.5 Å². The lowest BCUT2D eigenvalue weighted by Gasteiger charge is -2.13. The normalized spacial score (nSPS) is 19.4. The fourth-order valence-corrected chi connectivity index (χ4v) is 4.89. The van der Waals surface area contributed by atoms with E-state index in [1.165, 1.54) is 6.07 Å². The van der Waals surface area contributed by atoms with Gasteiger partial charge >= 0.3 is 0 Å². The van der Waals surface area contributed by atoms with E-state index in [0.717, 1.165) is 24.7 Å². The second-order valence-corrected chi connectivity index (χ2v) is 8.15. The van der Waals surface area contributed by atoms with Crippen LogP contribution < -0.4 is 10.5 Å². The average Bonchev–Trinajstić information content (AvgIpc) is 2.92. The van der Waals surface area contributed by atoms with E-state index in [4.69, 9.17) is 17.3 Å². The molecule has 0 spiro atoms. The van der Waals surface area contributed by atoms with Gasteiger partial charge in [0.2, 0.25) is 10.0 Å². The van der Waals surface area contributed by atoms with E-state index in [1.807, 2.05) is 0 Å². The van der Waals surface area contributed by atoms with Crippen LogP contribution in [0, 0.1) is 5.82 Å². The largest absolute Gasteiger partial charge is 0.326 e. The first-order chi connectivity index (χ1) is 9.44. The van der Waals surface area contributed by atoms with Crippen LogP contribution in [0.4, 0.5) is 4.39 Å². The zero-order valence-electron chi connectivity index (χ0n) is 10.7. The quantitative estimate of drug-likeness (QED) is 0.862. The van der Waals surface area contributed by atoms with Gasteiger partial charge in [-0.25, -0.2) is 17.5 Å². The molecule has 3 N–H and O–H groups in total. The van der Waals surface area contributed by atoms with E-state index in [0.29, 0.717) is 6.54 Å². The van der Waals surface area contributed by atoms with E-state index in [9.17, 15) is 12.8 Å². The van der Waals surface area contributed by atoms with E-state index in [-0.39, 0.29) is 22.4 Å². The fraction of sp³-hybridized carbons (Fsp3) is 0.500. The van der Waals surface area contributed by atoms with Crippen molar-refractivity contribution in [1.29, 1.82) is 0 Å². The van der Waals surface area contributed by atoms with Crippen LogP contribution in [0.15, 0.2) is 17.0 Å². The van der Waals surface area contributed by atoms with Gasteiger partial charge < -0.3 is 5.73 Å². The number of nitrogens with one attached hydrogen (secondary N) is 1. The highest BCUT2D eigenvalue weighted by molar-refractivity contribution is 8.00. The molecule has 1 saturated heterocycles. The zero-order chi connectivity index (χ0) is 14.8. The van der Waals surface area contributed by atoms with Gasteiger partial charge in [-0.05, 0) is 30.7 Å². The van der Waals surface area contributed by atoms with Crippen LogP contribution in [0.2, 0.25) is 5.02 Å². The summed E-state index contributed by atoms with van der Waals surface area (Å²) in [4.78, 5) is -0.437. The van der Waals surface area contributed by atoms with E-state index in [1.54, 1.807) is 11.8 Å². The summed E-state index contributed by atoms with van der Waals surface area (Å²) < 4.78 is 40.9. The first-order valence-electron chi connectivity index (χ1n) is 6.23. The Labute approximate surface area is 127 Å². The lowest BCUT2D eigenvalue weighted by molar-refractivity contribution is 0.549. The average molecular weight is 339 g/mol. The highest BCUT2D eigenvalue weighted by atomic mass is 35.5. The molecule has 1 aliphatic rings. The molecule has 0 aliphatic carbocycles. The number of rotatable bonds is 5. The molecule has 0 saturated carbocycles. The number of benzene rings is 1. The van der Waals surface area contributed by atoms with Crippen LogP contribution in [0.3, 0.4) is 0 Å². The number of nitrogens with two attached hydrogens (primary N) is 1. The number of hydrogen-bond acceptors (Lipinski definition) is 4. The zero-order valence-corrected chi connectivity index (χ0v) is 13.1. The fourth-order valence-electron chi connectivity index (χ4n) is 2.05. The van der Waals surface area contributed by atoms with Crippen molar-refractivity contribution in [3.63, 3.8) is 0 Å². The third-order valence-corrected chi connectivity index (χ3v) is 6.15. The molecule has 1 aliphatic heterocycles. The Bertz CT molecular complexity index is 589. The van der Waals surface area contributed by atoms with Gasteiger partial charge in [0, 0.05) is 28.9 Å². The maximum Gasteiger partial charge on any atom is 0.243 e. The predicted octanol–water partition coefficient (Wildman–Crippen LogP) is 2.11. The molecule has 4 nitrogen and oxygen atoms in total. The summed E-state index contributed by atoms with van der Waals surface area (Å²) in [6.45, 7) is 0.199. The van der Waals surface area contributed by atoms with Crippen LogP contribution in [-0.4, -0.2) is 26.0 Å². The molecule has 0 amide bonds. The van der Waals surface area contributed by atoms with Crippen molar-refractivity contribution in [1.82, 2.24) is 4.72 Å². The maximum atomic E-state index is 14.1. The second kappa shape index (κ2) is 6.62. The molecule has 0 radical (unpaired) electrons. The van der Waals surface area contributed by atoms with Gasteiger partial charge in [0.1, 0.15) is 10.7 Å². The summed E-state index contributed by atoms with van der Waals surface area (Å²) in [6.07, 6.45) is 2.05. The molecule has 0 bridgehead atoms. The Kier molecular flexibility index (Phi) is 5.30. The van der Waals surface area contributed by atoms with Crippen LogP contribution >= 0.6 is 23.4 Å². The minimum absolute atomic E-state index is 0.0908. The minimum atomic E-state index is -3.91. The highest BCUT2D eigenvalue weighted by Crippen LogP contribution is 2.27. The highest BCUT2D eigenvalue weighted by Gasteiger charge is 2.24. The maximum absolute atomic E-state index is 14.1. The predicted molar refractivity (Wildman–Crippen MR) is 80.0 cm³/mol. The van der Waals surface area contributed by atoms with Crippen molar-refractivity contribution < 1.29 is 12.8 Å². The molecule has 20 heavy (non-hydrogen) atoms. The summed E-state index contributed by atoms with van der Waals surface area (Å²) in [6, 6.07) is 2.45. The number of thioether (sulfide) groups is 1. The standard InChI is InChI=1S/C12H16ClFN2O2S2/c13-9-4-8(6-15)12(14)11(5-9)20(17,18)16-7-10-2-1-3-19-10/h4-5,10,16H,1-3,6-7,15H2. The second-order valence-electron chi connectivity index (χ2n) is 4.57. The third-order valence-electron chi connectivity index (χ3n) is 3.11. The van der Waals surface area contributed by atoms with E-state index < -0.39 is 20.7 Å². The summed E-state index contributed by atoms with van der Waals surface area (Å²) in [7, 11) is -3.91. The number of sulfonamides is 1. The van der Waals surface area contributed by atoms with E-state index >= 15 is 0 Å². The Morgan fingerprint density at radius 2 is 2.25 bits per heavy atom. The molecule has 2 rings (SSSR count). The van der Waals surface area contributed by atoms with Gasteiger partial charge in [-0.1, -0.05) is 11.6 Å². The van der Waals surface area contributed by atoms with Crippen LogP contribution in [-0.2, 0) is 16.6 Å². The van der Waals surface area contributed by atoms with Crippen molar-refractivity contribution in [2.45, 2.75) is 29.5 Å². The topological polar surface area (TPSA) is 72.2 Å². The van der Waals surface area contributed by atoms with Crippen LogP contribution in [0.5, 0.6) is 0 Å². The first-order valence-corrected chi connectivity index (χ1v) is 9.14. The molecule has 112 valence electrons. The lowest BCUT2D eigenvalue weighted by Crippen LogP contribution is -2.30. The SMILES string of the molecule is NCc1cc(Cl)cc(S(=O)(=O)NCC2CCCS2)c1F. The van der Waals surface area contributed by atoms with E-state index in [2.05, 4.69) is 4.72 Å². The first kappa shape index (κ1) is 16.0. The third kappa shape index (κ3) is 3.65. The van der Waals surface area contributed by atoms with Gasteiger partial charge in [0.15, 0.2) is 0 Å². The van der Waals surface area contributed by atoms with Gasteiger partial charge in [0.25, 0.3) is 0 Å². The molecule has 1 unspecified atom stereocenters. The van der Waals surface area contributed by atoms with Crippen molar-refractivity contribution in [3.8, 4) is 0 Å². The molecule has 1 aromatic carbocycles. The smallest absolute Gasteiger partial charge is 0.243 e. The van der Waals surface area contributed by atoms with Gasteiger partial charge in [0.05, 0.1) is 0 Å². The van der Waals surface area contributed by atoms with Crippen molar-refractivity contribution >= 4 is 33.4 Å².